The summed E-state index contributed by atoms with van der Waals surface area (Å²) in [6.07, 6.45) is 5.87. The number of nitrogens with one attached hydrogen (secondary N) is 1. The minimum Gasteiger partial charge on any atom is -0.325 e. The van der Waals surface area contributed by atoms with E-state index >= 15 is 0 Å². The Kier molecular flexibility index (Phi) is 7.46. The van der Waals surface area contributed by atoms with Crippen molar-refractivity contribution in [3.63, 3.8) is 0 Å². The van der Waals surface area contributed by atoms with E-state index in [4.69, 9.17) is 11.6 Å². The molecule has 26 heavy (non-hydrogen) atoms. The number of likely N-dealkylation sites (tertiary alicyclic amines) is 1. The maximum Gasteiger partial charge on any atom is 0.244 e. The second-order valence-electron chi connectivity index (χ2n) is 6.90. The molecule has 1 N–H and O–H groups in total. The van der Waals surface area contributed by atoms with Gasteiger partial charge in [-0.2, -0.15) is 0 Å². The summed E-state index contributed by atoms with van der Waals surface area (Å²) in [6, 6.07) is 4.26. The topological polar surface area (TPSA) is 69.7 Å². The molecule has 0 saturated carbocycles. The quantitative estimate of drug-likeness (QED) is 0.822. The van der Waals surface area contributed by atoms with Gasteiger partial charge in [0.1, 0.15) is 4.90 Å². The lowest BCUT2D eigenvalue weighted by molar-refractivity contribution is -0.120. The fourth-order valence-corrected chi connectivity index (χ4v) is 4.44. The molecular formula is C18H28ClN3O3S. The first-order valence-electron chi connectivity index (χ1n) is 9.00. The highest BCUT2D eigenvalue weighted by Crippen LogP contribution is 2.27. The second kappa shape index (κ2) is 9.17. The van der Waals surface area contributed by atoms with Crippen molar-refractivity contribution in [3.8, 4) is 0 Å². The van der Waals surface area contributed by atoms with Gasteiger partial charge in [-0.15, -0.1) is 0 Å². The number of benzene rings is 1. The highest BCUT2D eigenvalue weighted by Gasteiger charge is 2.24. The summed E-state index contributed by atoms with van der Waals surface area (Å²) in [7, 11) is -0.785. The Morgan fingerprint density at radius 2 is 1.73 bits per heavy atom. The molecule has 1 aromatic carbocycles. The van der Waals surface area contributed by atoms with Crippen LogP contribution in [0.4, 0.5) is 5.69 Å². The van der Waals surface area contributed by atoms with E-state index in [-0.39, 0.29) is 21.9 Å². The van der Waals surface area contributed by atoms with E-state index < -0.39 is 10.0 Å². The number of carbonyl (C=O) groups excluding carboxylic acids is 1. The highest BCUT2D eigenvalue weighted by molar-refractivity contribution is 7.89. The Morgan fingerprint density at radius 3 is 2.31 bits per heavy atom. The Balaban J connectivity index is 2.13. The molecule has 0 radical (unpaired) electrons. The molecule has 1 atom stereocenters. The van der Waals surface area contributed by atoms with Crippen LogP contribution in [-0.4, -0.2) is 56.8 Å². The minimum absolute atomic E-state index is 0.0131. The van der Waals surface area contributed by atoms with E-state index in [0.717, 1.165) is 30.2 Å². The smallest absolute Gasteiger partial charge is 0.244 e. The van der Waals surface area contributed by atoms with E-state index in [1.165, 1.54) is 45.5 Å². The molecule has 0 aromatic heterocycles. The Bertz CT molecular complexity index is 729. The Labute approximate surface area is 161 Å². The number of sulfonamides is 1. The predicted molar refractivity (Wildman–Crippen MR) is 105 cm³/mol. The third-order valence-electron chi connectivity index (χ3n) is 4.78. The van der Waals surface area contributed by atoms with Gasteiger partial charge in [0.25, 0.3) is 0 Å². The van der Waals surface area contributed by atoms with Crippen molar-refractivity contribution < 1.29 is 13.2 Å². The number of amides is 1. The average molecular weight is 402 g/mol. The van der Waals surface area contributed by atoms with Crippen molar-refractivity contribution in [2.75, 3.05) is 32.5 Å². The van der Waals surface area contributed by atoms with Crippen LogP contribution in [-0.2, 0) is 14.8 Å². The normalized spacial score (nSPS) is 18.2. The minimum atomic E-state index is -3.68. The standard InChI is InChI=1S/C18H28ClN3O3S/c1-14(22-11-7-5-4-6-8-12-22)18(23)20-15-9-10-16(19)17(13-15)26(24,25)21(2)3/h9-10,13-14H,4-8,11-12H2,1-3H3,(H,20,23)/t14-/m1/s1. The molecule has 8 heteroatoms. The van der Waals surface area contributed by atoms with Crippen molar-refractivity contribution >= 4 is 33.2 Å². The lowest BCUT2D eigenvalue weighted by atomic mass is 10.1. The van der Waals surface area contributed by atoms with Gasteiger partial charge in [0.15, 0.2) is 0 Å². The van der Waals surface area contributed by atoms with Gasteiger partial charge in [0, 0.05) is 19.8 Å². The van der Waals surface area contributed by atoms with Gasteiger partial charge in [0.05, 0.1) is 11.1 Å². The van der Waals surface area contributed by atoms with Crippen LogP contribution >= 0.6 is 11.6 Å². The average Bonchev–Trinajstić information content (AvgIpc) is 2.55. The van der Waals surface area contributed by atoms with Crippen LogP contribution in [0.5, 0.6) is 0 Å². The first-order chi connectivity index (χ1) is 12.2. The molecule has 1 saturated heterocycles. The van der Waals surface area contributed by atoms with Gasteiger partial charge in [-0.3, -0.25) is 9.69 Å². The number of hydrogen-bond donors (Lipinski definition) is 1. The molecule has 1 heterocycles. The number of anilines is 1. The van der Waals surface area contributed by atoms with Gasteiger partial charge in [-0.05, 0) is 51.1 Å². The fourth-order valence-electron chi connectivity index (χ4n) is 3.05. The summed E-state index contributed by atoms with van der Waals surface area (Å²) >= 11 is 6.05. The van der Waals surface area contributed by atoms with Crippen molar-refractivity contribution in [3.05, 3.63) is 23.2 Å². The Morgan fingerprint density at radius 1 is 1.15 bits per heavy atom. The molecule has 146 valence electrons. The number of carbonyl (C=O) groups is 1. The number of hydrogen-bond acceptors (Lipinski definition) is 4. The van der Waals surface area contributed by atoms with Crippen LogP contribution in [0.15, 0.2) is 23.1 Å². The Hall–Kier alpha value is -1.15. The maximum absolute atomic E-state index is 12.6. The zero-order valence-corrected chi connectivity index (χ0v) is 17.2. The molecule has 2 rings (SSSR count). The van der Waals surface area contributed by atoms with E-state index in [1.54, 1.807) is 6.07 Å². The van der Waals surface area contributed by atoms with Gasteiger partial charge in [0.2, 0.25) is 15.9 Å². The number of rotatable bonds is 5. The SMILES string of the molecule is C[C@H](C(=O)Nc1ccc(Cl)c(S(=O)(=O)N(C)C)c1)N1CCCCCCC1. The van der Waals surface area contributed by atoms with Crippen molar-refractivity contribution in [1.29, 1.82) is 0 Å². The third kappa shape index (κ3) is 5.19. The van der Waals surface area contributed by atoms with Crippen molar-refractivity contribution in [1.82, 2.24) is 9.21 Å². The number of nitrogens with zero attached hydrogens (tertiary/aromatic N) is 2. The lowest BCUT2D eigenvalue weighted by Gasteiger charge is -2.29. The maximum atomic E-state index is 12.6. The molecule has 1 aliphatic rings. The predicted octanol–water partition coefficient (Wildman–Crippen LogP) is 3.18. The molecule has 1 aliphatic heterocycles. The van der Waals surface area contributed by atoms with Crippen LogP contribution in [0.2, 0.25) is 5.02 Å². The van der Waals surface area contributed by atoms with Crippen LogP contribution in [0.1, 0.15) is 39.0 Å². The van der Waals surface area contributed by atoms with Gasteiger partial charge in [-0.25, -0.2) is 12.7 Å². The van der Waals surface area contributed by atoms with E-state index in [9.17, 15) is 13.2 Å². The second-order valence-corrected chi connectivity index (χ2v) is 9.43. The van der Waals surface area contributed by atoms with Crippen molar-refractivity contribution in [2.45, 2.75) is 50.0 Å². The fraction of sp³-hybridized carbons (Fsp3) is 0.611. The monoisotopic (exact) mass is 401 g/mol. The van der Waals surface area contributed by atoms with E-state index in [2.05, 4.69) is 10.2 Å². The van der Waals surface area contributed by atoms with Crippen molar-refractivity contribution in [2.24, 2.45) is 0 Å². The van der Waals surface area contributed by atoms with Crippen LogP contribution in [0.25, 0.3) is 0 Å². The summed E-state index contributed by atoms with van der Waals surface area (Å²) in [5.41, 5.74) is 0.429. The third-order valence-corrected chi connectivity index (χ3v) is 7.07. The first-order valence-corrected chi connectivity index (χ1v) is 10.8. The summed E-state index contributed by atoms with van der Waals surface area (Å²) in [6.45, 7) is 3.72. The zero-order valence-electron chi connectivity index (χ0n) is 15.7. The first kappa shape index (κ1) is 21.2. The lowest BCUT2D eigenvalue weighted by Crippen LogP contribution is -2.43. The van der Waals surface area contributed by atoms with Crippen LogP contribution in [0.3, 0.4) is 0 Å². The molecule has 1 amide bonds. The molecule has 0 bridgehead atoms. The van der Waals surface area contributed by atoms with Gasteiger partial charge < -0.3 is 5.32 Å². The molecule has 1 aromatic rings. The molecular weight excluding hydrogens is 374 g/mol. The van der Waals surface area contributed by atoms with Crippen LogP contribution < -0.4 is 5.32 Å². The van der Waals surface area contributed by atoms with E-state index in [0.29, 0.717) is 5.69 Å². The summed E-state index contributed by atoms with van der Waals surface area (Å²) in [5.74, 6) is -0.138. The van der Waals surface area contributed by atoms with Gasteiger partial charge in [-0.1, -0.05) is 30.9 Å². The number of halogens is 1. The molecule has 0 spiro atoms. The summed E-state index contributed by atoms with van der Waals surface area (Å²) < 4.78 is 25.8. The van der Waals surface area contributed by atoms with Gasteiger partial charge >= 0.3 is 0 Å². The molecule has 0 unspecified atom stereocenters. The highest BCUT2D eigenvalue weighted by atomic mass is 35.5. The molecule has 1 fully saturated rings. The molecule has 6 nitrogen and oxygen atoms in total. The summed E-state index contributed by atoms with van der Waals surface area (Å²) in [5, 5.41) is 2.96. The van der Waals surface area contributed by atoms with E-state index in [1.807, 2.05) is 6.92 Å². The summed E-state index contributed by atoms with van der Waals surface area (Å²) in [4.78, 5) is 14.8. The largest absolute Gasteiger partial charge is 0.325 e. The zero-order chi connectivity index (χ0) is 19.3. The van der Waals surface area contributed by atoms with Crippen LogP contribution in [0, 0.1) is 0 Å². The molecule has 0 aliphatic carbocycles.